The number of thiophene rings is 1. The smallest absolute Gasteiger partial charge is 0.243 e. The average molecular weight is 436 g/mol. The SMILES string of the molecule is CCN(CC)c1ccc(S(=O)(=O)N2CCCCC2)cc1NC(=O)Cc1ccsc1. The highest BCUT2D eigenvalue weighted by Gasteiger charge is 2.27. The Morgan fingerprint density at radius 3 is 2.48 bits per heavy atom. The first-order chi connectivity index (χ1) is 14.0. The van der Waals surface area contributed by atoms with Gasteiger partial charge in [-0.25, -0.2) is 8.42 Å². The molecule has 0 bridgehead atoms. The number of hydrogen-bond acceptors (Lipinski definition) is 5. The van der Waals surface area contributed by atoms with Gasteiger partial charge in [0.25, 0.3) is 0 Å². The summed E-state index contributed by atoms with van der Waals surface area (Å²) in [5.74, 6) is -0.149. The van der Waals surface area contributed by atoms with E-state index < -0.39 is 10.0 Å². The lowest BCUT2D eigenvalue weighted by atomic mass is 10.2. The van der Waals surface area contributed by atoms with Crippen LogP contribution in [0, 0.1) is 0 Å². The summed E-state index contributed by atoms with van der Waals surface area (Å²) in [6, 6.07) is 7.01. The van der Waals surface area contributed by atoms with E-state index in [2.05, 4.69) is 10.2 Å². The third-order valence-electron chi connectivity index (χ3n) is 5.24. The zero-order valence-electron chi connectivity index (χ0n) is 17.1. The highest BCUT2D eigenvalue weighted by atomic mass is 32.2. The van der Waals surface area contributed by atoms with E-state index in [1.54, 1.807) is 27.8 Å². The molecule has 3 rings (SSSR count). The van der Waals surface area contributed by atoms with Crippen LogP contribution in [-0.4, -0.2) is 44.8 Å². The minimum absolute atomic E-state index is 0.149. The van der Waals surface area contributed by atoms with Gasteiger partial charge in [-0.2, -0.15) is 15.6 Å². The number of nitrogens with zero attached hydrogens (tertiary/aromatic N) is 2. The fourth-order valence-electron chi connectivity index (χ4n) is 3.64. The van der Waals surface area contributed by atoms with Crippen LogP contribution in [-0.2, 0) is 21.2 Å². The number of sulfonamides is 1. The Labute approximate surface area is 177 Å². The number of rotatable bonds is 8. The van der Waals surface area contributed by atoms with Crippen molar-refractivity contribution in [1.82, 2.24) is 4.31 Å². The summed E-state index contributed by atoms with van der Waals surface area (Å²) in [6.07, 6.45) is 3.11. The first kappa shape index (κ1) is 21.8. The number of nitrogens with one attached hydrogen (secondary N) is 1. The third-order valence-corrected chi connectivity index (χ3v) is 7.87. The van der Waals surface area contributed by atoms with Crippen molar-refractivity contribution in [2.45, 2.75) is 44.4 Å². The molecule has 1 amide bonds. The van der Waals surface area contributed by atoms with Crippen LogP contribution in [0.4, 0.5) is 11.4 Å². The van der Waals surface area contributed by atoms with Crippen LogP contribution < -0.4 is 10.2 Å². The number of benzene rings is 1. The molecule has 6 nitrogen and oxygen atoms in total. The van der Waals surface area contributed by atoms with Crippen molar-refractivity contribution in [2.24, 2.45) is 0 Å². The number of hydrogen-bond donors (Lipinski definition) is 1. The summed E-state index contributed by atoms with van der Waals surface area (Å²) in [4.78, 5) is 15.0. The van der Waals surface area contributed by atoms with Gasteiger partial charge in [0.05, 0.1) is 22.7 Å². The normalized spacial score (nSPS) is 15.2. The second-order valence-corrected chi connectivity index (χ2v) is 9.89. The van der Waals surface area contributed by atoms with E-state index in [4.69, 9.17) is 0 Å². The molecule has 0 radical (unpaired) electrons. The van der Waals surface area contributed by atoms with Crippen LogP contribution in [0.15, 0.2) is 39.9 Å². The lowest BCUT2D eigenvalue weighted by Crippen LogP contribution is -2.35. The van der Waals surface area contributed by atoms with E-state index in [0.29, 0.717) is 18.8 Å². The Balaban J connectivity index is 1.91. The molecule has 2 aromatic rings. The molecule has 1 aliphatic rings. The molecular weight excluding hydrogens is 406 g/mol. The van der Waals surface area contributed by atoms with E-state index in [9.17, 15) is 13.2 Å². The minimum Gasteiger partial charge on any atom is -0.370 e. The van der Waals surface area contributed by atoms with Gasteiger partial charge in [0, 0.05) is 26.2 Å². The molecule has 1 aromatic heterocycles. The van der Waals surface area contributed by atoms with Crippen molar-refractivity contribution in [3.8, 4) is 0 Å². The van der Waals surface area contributed by atoms with Gasteiger partial charge >= 0.3 is 0 Å². The molecular formula is C21H29N3O3S2. The number of carbonyl (C=O) groups is 1. The van der Waals surface area contributed by atoms with E-state index in [-0.39, 0.29) is 17.2 Å². The Morgan fingerprint density at radius 1 is 1.14 bits per heavy atom. The van der Waals surface area contributed by atoms with Crippen molar-refractivity contribution in [3.05, 3.63) is 40.6 Å². The summed E-state index contributed by atoms with van der Waals surface area (Å²) >= 11 is 1.55. The summed E-state index contributed by atoms with van der Waals surface area (Å²) in [7, 11) is -3.56. The molecule has 29 heavy (non-hydrogen) atoms. The standard InChI is InChI=1S/C21H29N3O3S2/c1-3-23(4-2)20-9-8-18(29(26,27)24-11-6-5-7-12-24)15-19(20)22-21(25)14-17-10-13-28-16-17/h8-10,13,15-16H,3-7,11-12,14H2,1-2H3,(H,22,25). The summed E-state index contributed by atoms with van der Waals surface area (Å²) in [6.45, 7) is 6.72. The highest BCUT2D eigenvalue weighted by molar-refractivity contribution is 7.89. The zero-order chi connectivity index (χ0) is 20.9. The van der Waals surface area contributed by atoms with E-state index in [1.165, 1.54) is 0 Å². The van der Waals surface area contributed by atoms with Crippen molar-refractivity contribution in [2.75, 3.05) is 36.4 Å². The van der Waals surface area contributed by atoms with Crippen LogP contribution in [0.1, 0.15) is 38.7 Å². The van der Waals surface area contributed by atoms with Gasteiger partial charge < -0.3 is 10.2 Å². The Bertz CT molecular complexity index is 917. The molecule has 1 N–H and O–H groups in total. The highest BCUT2D eigenvalue weighted by Crippen LogP contribution is 2.31. The van der Waals surface area contributed by atoms with E-state index >= 15 is 0 Å². The third kappa shape index (κ3) is 5.18. The Hall–Kier alpha value is -1.90. The van der Waals surface area contributed by atoms with E-state index in [1.807, 2.05) is 36.7 Å². The Morgan fingerprint density at radius 2 is 1.86 bits per heavy atom. The van der Waals surface area contributed by atoms with Crippen molar-refractivity contribution >= 4 is 38.6 Å². The first-order valence-electron chi connectivity index (χ1n) is 10.2. The van der Waals surface area contributed by atoms with Crippen LogP contribution in [0.2, 0.25) is 0 Å². The number of anilines is 2. The quantitative estimate of drug-likeness (QED) is 0.682. The predicted octanol–water partition coefficient (Wildman–Crippen LogP) is 3.95. The molecule has 8 heteroatoms. The molecule has 158 valence electrons. The van der Waals surface area contributed by atoms with Gasteiger partial charge in [0.2, 0.25) is 15.9 Å². The fourth-order valence-corrected chi connectivity index (χ4v) is 5.86. The maximum absolute atomic E-state index is 13.1. The topological polar surface area (TPSA) is 69.7 Å². The molecule has 0 atom stereocenters. The number of carbonyl (C=O) groups excluding carboxylic acids is 1. The average Bonchev–Trinajstić information content (AvgIpc) is 3.23. The summed E-state index contributed by atoms with van der Waals surface area (Å²) in [5.41, 5.74) is 2.34. The maximum atomic E-state index is 13.1. The molecule has 0 unspecified atom stereocenters. The van der Waals surface area contributed by atoms with Gasteiger partial charge in [-0.1, -0.05) is 6.42 Å². The molecule has 0 saturated carbocycles. The lowest BCUT2D eigenvalue weighted by Gasteiger charge is -2.28. The maximum Gasteiger partial charge on any atom is 0.243 e. The predicted molar refractivity (Wildman–Crippen MR) is 119 cm³/mol. The van der Waals surface area contributed by atoms with E-state index in [0.717, 1.165) is 43.6 Å². The largest absolute Gasteiger partial charge is 0.370 e. The fraction of sp³-hybridized carbons (Fsp3) is 0.476. The van der Waals surface area contributed by atoms with Gasteiger partial charge in [-0.15, -0.1) is 0 Å². The molecule has 2 heterocycles. The monoisotopic (exact) mass is 435 g/mol. The summed E-state index contributed by atoms with van der Waals surface area (Å²) < 4.78 is 27.8. The number of amides is 1. The van der Waals surface area contributed by atoms with Crippen LogP contribution in [0.3, 0.4) is 0 Å². The van der Waals surface area contributed by atoms with Crippen molar-refractivity contribution in [1.29, 1.82) is 0 Å². The second-order valence-electron chi connectivity index (χ2n) is 7.17. The molecule has 0 aliphatic carbocycles. The number of piperidine rings is 1. The Kier molecular flexibility index (Phi) is 7.32. The lowest BCUT2D eigenvalue weighted by molar-refractivity contribution is -0.115. The minimum atomic E-state index is -3.56. The molecule has 1 aliphatic heterocycles. The van der Waals surface area contributed by atoms with Gasteiger partial charge in [0.15, 0.2) is 0 Å². The molecule has 1 saturated heterocycles. The van der Waals surface area contributed by atoms with Crippen LogP contribution in [0.5, 0.6) is 0 Å². The molecule has 0 spiro atoms. The van der Waals surface area contributed by atoms with Gasteiger partial charge in [-0.05, 0) is 67.3 Å². The zero-order valence-corrected chi connectivity index (χ0v) is 18.7. The van der Waals surface area contributed by atoms with Crippen molar-refractivity contribution < 1.29 is 13.2 Å². The van der Waals surface area contributed by atoms with Crippen LogP contribution in [0.25, 0.3) is 0 Å². The summed E-state index contributed by atoms with van der Waals surface area (Å²) in [5, 5.41) is 6.84. The molecule has 1 aromatic carbocycles. The second kappa shape index (κ2) is 9.73. The van der Waals surface area contributed by atoms with Gasteiger partial charge in [-0.3, -0.25) is 4.79 Å². The molecule has 1 fully saturated rings. The first-order valence-corrected chi connectivity index (χ1v) is 12.5. The van der Waals surface area contributed by atoms with Gasteiger partial charge in [0.1, 0.15) is 0 Å². The van der Waals surface area contributed by atoms with Crippen LogP contribution >= 0.6 is 11.3 Å². The van der Waals surface area contributed by atoms with Crippen molar-refractivity contribution in [3.63, 3.8) is 0 Å².